The van der Waals surface area contributed by atoms with E-state index in [1.165, 1.54) is 7.11 Å². The number of ether oxygens (including phenoxy) is 1. The van der Waals surface area contributed by atoms with Gasteiger partial charge in [-0.05, 0) is 0 Å². The van der Waals surface area contributed by atoms with Crippen LogP contribution in [0, 0.1) is 5.92 Å². The third-order valence-corrected chi connectivity index (χ3v) is 1.74. The second-order valence-electron chi connectivity index (χ2n) is 2.64. The van der Waals surface area contributed by atoms with E-state index in [0.717, 1.165) is 0 Å². The van der Waals surface area contributed by atoms with E-state index >= 15 is 0 Å². The van der Waals surface area contributed by atoms with Crippen LogP contribution in [0.1, 0.15) is 13.3 Å². The highest BCUT2D eigenvalue weighted by atomic mass is 16.5. The third-order valence-electron chi connectivity index (χ3n) is 1.74. The van der Waals surface area contributed by atoms with Crippen LogP contribution in [-0.4, -0.2) is 13.0 Å². The lowest BCUT2D eigenvalue weighted by atomic mass is 10.0. The summed E-state index contributed by atoms with van der Waals surface area (Å²) in [6.45, 7) is 1.90. The molecule has 0 aliphatic carbocycles. The Morgan fingerprint density at radius 2 is 2.36 bits per heavy atom. The first-order valence-electron chi connectivity index (χ1n) is 3.48. The number of carbonyl (C=O) groups is 1. The Bertz CT molecular complexity index is 210. The van der Waals surface area contributed by atoms with Crippen molar-refractivity contribution in [3.63, 3.8) is 0 Å². The maximum atomic E-state index is 10.9. The van der Waals surface area contributed by atoms with Crippen molar-refractivity contribution in [2.75, 3.05) is 7.11 Å². The van der Waals surface area contributed by atoms with E-state index < -0.39 is 0 Å². The van der Waals surface area contributed by atoms with E-state index in [2.05, 4.69) is 5.32 Å². The molecule has 0 saturated carbocycles. The molecule has 62 valence electrons. The van der Waals surface area contributed by atoms with Gasteiger partial charge in [0.2, 0.25) is 11.8 Å². The minimum atomic E-state index is -0.0384. The summed E-state index contributed by atoms with van der Waals surface area (Å²) < 4.78 is 4.87. The molecule has 0 fully saturated rings. The fourth-order valence-corrected chi connectivity index (χ4v) is 1.03. The van der Waals surface area contributed by atoms with E-state index in [9.17, 15) is 4.79 Å². The van der Waals surface area contributed by atoms with E-state index in [1.54, 1.807) is 0 Å². The van der Waals surface area contributed by atoms with E-state index in [4.69, 9.17) is 10.5 Å². The minimum Gasteiger partial charge on any atom is -0.481 e. The molecule has 1 aliphatic heterocycles. The van der Waals surface area contributed by atoms with Crippen molar-refractivity contribution < 1.29 is 9.53 Å². The van der Waals surface area contributed by atoms with Crippen LogP contribution in [0.5, 0.6) is 0 Å². The Morgan fingerprint density at radius 3 is 2.91 bits per heavy atom. The number of rotatable bonds is 1. The topological polar surface area (TPSA) is 64.3 Å². The first-order chi connectivity index (χ1) is 5.15. The van der Waals surface area contributed by atoms with Crippen molar-refractivity contribution in [1.29, 1.82) is 0 Å². The van der Waals surface area contributed by atoms with Gasteiger partial charge in [-0.1, -0.05) is 6.92 Å². The summed E-state index contributed by atoms with van der Waals surface area (Å²) in [5.41, 5.74) is 6.25. The molecule has 0 aromatic carbocycles. The van der Waals surface area contributed by atoms with Crippen molar-refractivity contribution >= 4 is 5.91 Å². The number of nitrogens with one attached hydrogen (secondary N) is 1. The number of nitrogens with two attached hydrogens (primary N) is 1. The van der Waals surface area contributed by atoms with Crippen LogP contribution in [0.3, 0.4) is 0 Å². The molecule has 1 rings (SSSR count). The molecule has 0 spiro atoms. The zero-order valence-corrected chi connectivity index (χ0v) is 6.68. The van der Waals surface area contributed by atoms with E-state index in [0.29, 0.717) is 18.0 Å². The smallest absolute Gasteiger partial charge is 0.227 e. The van der Waals surface area contributed by atoms with Crippen LogP contribution in [-0.2, 0) is 9.53 Å². The zero-order valence-electron chi connectivity index (χ0n) is 6.68. The Morgan fingerprint density at radius 1 is 1.73 bits per heavy atom. The molecule has 1 aliphatic rings. The highest BCUT2D eigenvalue weighted by Gasteiger charge is 2.22. The highest BCUT2D eigenvalue weighted by Crippen LogP contribution is 2.17. The van der Waals surface area contributed by atoms with Gasteiger partial charge in [-0.2, -0.15) is 0 Å². The number of hydrogen-bond acceptors (Lipinski definition) is 3. The molecule has 4 nitrogen and oxygen atoms in total. The maximum Gasteiger partial charge on any atom is 0.227 e. The van der Waals surface area contributed by atoms with Gasteiger partial charge < -0.3 is 10.5 Å². The largest absolute Gasteiger partial charge is 0.481 e. The first kappa shape index (κ1) is 7.91. The van der Waals surface area contributed by atoms with Crippen LogP contribution in [0.25, 0.3) is 0 Å². The van der Waals surface area contributed by atoms with Crippen molar-refractivity contribution in [2.24, 2.45) is 11.7 Å². The van der Waals surface area contributed by atoms with Crippen molar-refractivity contribution in [1.82, 2.24) is 5.32 Å². The van der Waals surface area contributed by atoms with Gasteiger partial charge in [-0.25, -0.2) is 0 Å². The lowest BCUT2D eigenvalue weighted by molar-refractivity contribution is -0.122. The van der Waals surface area contributed by atoms with Crippen molar-refractivity contribution in [3.05, 3.63) is 11.6 Å². The summed E-state index contributed by atoms with van der Waals surface area (Å²) in [6.07, 6.45) is 0.443. The Labute approximate surface area is 65.4 Å². The molecule has 0 aromatic rings. The van der Waals surface area contributed by atoms with E-state index in [-0.39, 0.29) is 11.8 Å². The lowest BCUT2D eigenvalue weighted by Crippen LogP contribution is -2.35. The summed E-state index contributed by atoms with van der Waals surface area (Å²) >= 11 is 0. The molecule has 1 atom stereocenters. The number of amides is 1. The second-order valence-corrected chi connectivity index (χ2v) is 2.64. The fourth-order valence-electron chi connectivity index (χ4n) is 1.03. The SMILES string of the molecule is COC1=C(N)C(C)CC(=O)N1. The molecule has 1 heterocycles. The molecule has 0 aromatic heterocycles. The predicted molar refractivity (Wildman–Crippen MR) is 40.1 cm³/mol. The average molecular weight is 156 g/mol. The third kappa shape index (κ3) is 1.45. The van der Waals surface area contributed by atoms with Crippen molar-refractivity contribution in [2.45, 2.75) is 13.3 Å². The van der Waals surface area contributed by atoms with Crippen LogP contribution >= 0.6 is 0 Å². The Balaban J connectivity index is 2.85. The highest BCUT2D eigenvalue weighted by molar-refractivity contribution is 5.79. The zero-order chi connectivity index (χ0) is 8.43. The van der Waals surface area contributed by atoms with Gasteiger partial charge in [0, 0.05) is 12.3 Å². The Kier molecular flexibility index (Phi) is 2.03. The summed E-state index contributed by atoms with van der Waals surface area (Å²) in [5.74, 6) is 0.441. The summed E-state index contributed by atoms with van der Waals surface area (Å²) in [4.78, 5) is 10.9. The van der Waals surface area contributed by atoms with Gasteiger partial charge in [0.25, 0.3) is 0 Å². The quantitative estimate of drug-likeness (QED) is 0.558. The van der Waals surface area contributed by atoms with Crippen LogP contribution < -0.4 is 11.1 Å². The molecule has 0 saturated heterocycles. The Hall–Kier alpha value is -1.19. The fraction of sp³-hybridized carbons (Fsp3) is 0.571. The molecule has 0 radical (unpaired) electrons. The monoisotopic (exact) mass is 156 g/mol. The molecule has 3 N–H and O–H groups in total. The standard InChI is InChI=1S/C7H12N2O2/c1-4-3-5(10)9-7(11-2)6(4)8/h4H,3,8H2,1-2H3,(H,9,10). The molecule has 1 amide bonds. The summed E-state index contributed by atoms with van der Waals surface area (Å²) in [5, 5.41) is 2.54. The van der Waals surface area contributed by atoms with Gasteiger partial charge >= 0.3 is 0 Å². The van der Waals surface area contributed by atoms with Gasteiger partial charge in [0.15, 0.2) is 0 Å². The predicted octanol–water partition coefficient (Wildman–Crippen LogP) is -0.0834. The second kappa shape index (κ2) is 2.82. The number of hydrogen-bond donors (Lipinski definition) is 2. The first-order valence-corrected chi connectivity index (χ1v) is 3.48. The van der Waals surface area contributed by atoms with Gasteiger partial charge in [0.1, 0.15) is 0 Å². The van der Waals surface area contributed by atoms with Crippen LogP contribution in [0.15, 0.2) is 11.6 Å². The average Bonchev–Trinajstić information content (AvgIpc) is 1.96. The molecule has 0 bridgehead atoms. The van der Waals surface area contributed by atoms with Crippen molar-refractivity contribution in [3.8, 4) is 0 Å². The van der Waals surface area contributed by atoms with Gasteiger partial charge in [0.05, 0.1) is 12.8 Å². The number of methoxy groups -OCH3 is 1. The van der Waals surface area contributed by atoms with E-state index in [1.807, 2.05) is 6.92 Å². The van der Waals surface area contributed by atoms with Gasteiger partial charge in [-0.15, -0.1) is 0 Å². The van der Waals surface area contributed by atoms with Crippen LogP contribution in [0.4, 0.5) is 0 Å². The normalized spacial score (nSPS) is 24.9. The lowest BCUT2D eigenvalue weighted by Gasteiger charge is -2.21. The van der Waals surface area contributed by atoms with Crippen LogP contribution in [0.2, 0.25) is 0 Å². The van der Waals surface area contributed by atoms with Gasteiger partial charge in [-0.3, -0.25) is 10.1 Å². The summed E-state index contributed by atoms with van der Waals surface area (Å²) in [6, 6.07) is 0. The summed E-state index contributed by atoms with van der Waals surface area (Å²) in [7, 11) is 1.49. The number of carbonyl (C=O) groups excluding carboxylic acids is 1. The molecule has 1 unspecified atom stereocenters. The minimum absolute atomic E-state index is 0.0384. The maximum absolute atomic E-state index is 10.9. The number of allylic oxidation sites excluding steroid dienone is 1. The molecular formula is C7H12N2O2. The molecule has 4 heteroatoms. The molecular weight excluding hydrogens is 144 g/mol. The molecule has 11 heavy (non-hydrogen) atoms.